The Morgan fingerprint density at radius 1 is 1.26 bits per heavy atom. The van der Waals surface area contributed by atoms with Gasteiger partial charge in [0.2, 0.25) is 11.8 Å². The van der Waals surface area contributed by atoms with Crippen LogP contribution in [0.15, 0.2) is 48.7 Å². The summed E-state index contributed by atoms with van der Waals surface area (Å²) in [5, 5.41) is 2.76. The van der Waals surface area contributed by atoms with Gasteiger partial charge in [0.25, 0.3) is 0 Å². The summed E-state index contributed by atoms with van der Waals surface area (Å²) >= 11 is 0. The maximum Gasteiger partial charge on any atom is 0.246 e. The van der Waals surface area contributed by atoms with Crippen LogP contribution in [0.2, 0.25) is 0 Å². The Bertz CT molecular complexity index is 879. The van der Waals surface area contributed by atoms with Crippen molar-refractivity contribution in [2.45, 2.75) is 25.4 Å². The first-order valence-corrected chi connectivity index (χ1v) is 9.15. The highest BCUT2D eigenvalue weighted by Gasteiger charge is 2.26. The number of ether oxygens (including phenoxy) is 1. The number of nitrogens with one attached hydrogen (secondary N) is 1. The van der Waals surface area contributed by atoms with E-state index < -0.39 is 0 Å². The van der Waals surface area contributed by atoms with E-state index >= 15 is 0 Å². The normalized spacial score (nSPS) is 19.0. The molecule has 6 heteroatoms. The van der Waals surface area contributed by atoms with Crippen LogP contribution in [0.25, 0.3) is 6.08 Å². The third-order valence-electron chi connectivity index (χ3n) is 4.79. The van der Waals surface area contributed by atoms with Gasteiger partial charge in [0.05, 0.1) is 6.54 Å². The van der Waals surface area contributed by atoms with Crippen molar-refractivity contribution in [3.8, 4) is 5.75 Å². The number of pyridine rings is 1. The van der Waals surface area contributed by atoms with Gasteiger partial charge in [-0.25, -0.2) is 4.98 Å². The Hall–Kier alpha value is -3.15. The van der Waals surface area contributed by atoms with Crippen LogP contribution >= 0.6 is 0 Å². The number of aryl methyl sites for hydroxylation is 1. The van der Waals surface area contributed by atoms with Crippen LogP contribution in [0.5, 0.6) is 5.75 Å². The van der Waals surface area contributed by atoms with Crippen molar-refractivity contribution in [1.82, 2.24) is 9.88 Å². The highest BCUT2D eigenvalue weighted by atomic mass is 16.5. The van der Waals surface area contributed by atoms with Gasteiger partial charge in [-0.05, 0) is 41.8 Å². The van der Waals surface area contributed by atoms with E-state index in [0.717, 1.165) is 23.3 Å². The quantitative estimate of drug-likeness (QED) is 0.848. The van der Waals surface area contributed by atoms with Crippen LogP contribution in [0.4, 0.5) is 5.82 Å². The highest BCUT2D eigenvalue weighted by Crippen LogP contribution is 2.22. The van der Waals surface area contributed by atoms with Crippen molar-refractivity contribution in [2.24, 2.45) is 0 Å². The van der Waals surface area contributed by atoms with Crippen LogP contribution < -0.4 is 10.1 Å². The number of aromatic nitrogens is 1. The Morgan fingerprint density at radius 3 is 2.96 bits per heavy atom. The minimum atomic E-state index is -0.0276. The Morgan fingerprint density at radius 2 is 2.11 bits per heavy atom. The third kappa shape index (κ3) is 4.16. The lowest BCUT2D eigenvalue weighted by atomic mass is 10.0. The first-order valence-electron chi connectivity index (χ1n) is 9.15. The van der Waals surface area contributed by atoms with Crippen molar-refractivity contribution >= 4 is 23.7 Å². The summed E-state index contributed by atoms with van der Waals surface area (Å²) in [6.45, 7) is 1.28. The average molecular weight is 363 g/mol. The molecular weight excluding hydrogens is 342 g/mol. The number of likely N-dealkylation sites (tertiary alicyclic amines) is 1. The second kappa shape index (κ2) is 7.61. The summed E-state index contributed by atoms with van der Waals surface area (Å²) in [7, 11) is 0. The predicted octanol–water partition coefficient (Wildman–Crippen LogP) is 2.66. The highest BCUT2D eigenvalue weighted by molar-refractivity contribution is 5.93. The fourth-order valence-corrected chi connectivity index (χ4v) is 3.35. The third-order valence-corrected chi connectivity index (χ3v) is 4.79. The summed E-state index contributed by atoms with van der Waals surface area (Å²) in [4.78, 5) is 29.9. The van der Waals surface area contributed by atoms with Gasteiger partial charge in [0.1, 0.15) is 17.7 Å². The van der Waals surface area contributed by atoms with Gasteiger partial charge < -0.3 is 15.0 Å². The van der Waals surface area contributed by atoms with Gasteiger partial charge in [-0.1, -0.05) is 18.2 Å². The lowest BCUT2D eigenvalue weighted by Gasteiger charge is -2.16. The first kappa shape index (κ1) is 17.3. The van der Waals surface area contributed by atoms with Crippen LogP contribution in [0, 0.1) is 0 Å². The lowest BCUT2D eigenvalue weighted by molar-refractivity contribution is -0.125. The largest absolute Gasteiger partial charge is 0.489 e. The molecule has 1 atom stereocenters. The van der Waals surface area contributed by atoms with E-state index in [1.54, 1.807) is 23.2 Å². The number of nitrogens with zero attached hydrogens (tertiary/aromatic N) is 2. The molecule has 0 bridgehead atoms. The van der Waals surface area contributed by atoms with Crippen LogP contribution in [-0.4, -0.2) is 40.9 Å². The smallest absolute Gasteiger partial charge is 0.246 e. The van der Waals surface area contributed by atoms with E-state index in [0.29, 0.717) is 31.7 Å². The monoisotopic (exact) mass is 363 g/mol. The molecule has 2 aliphatic heterocycles. The summed E-state index contributed by atoms with van der Waals surface area (Å²) < 4.78 is 5.93. The number of amides is 2. The van der Waals surface area contributed by atoms with Crippen molar-refractivity contribution in [1.29, 1.82) is 0 Å². The van der Waals surface area contributed by atoms with E-state index in [2.05, 4.69) is 10.3 Å². The summed E-state index contributed by atoms with van der Waals surface area (Å²) in [6, 6.07) is 11.6. The Labute approximate surface area is 157 Å². The molecule has 1 aromatic carbocycles. The van der Waals surface area contributed by atoms with Gasteiger partial charge in [0, 0.05) is 31.7 Å². The van der Waals surface area contributed by atoms with E-state index in [1.165, 1.54) is 0 Å². The summed E-state index contributed by atoms with van der Waals surface area (Å²) in [5.74, 6) is 1.42. The summed E-state index contributed by atoms with van der Waals surface area (Å²) in [5.41, 5.74) is 1.86. The molecule has 1 unspecified atom stereocenters. The molecule has 0 radical (unpaired) electrons. The first-order chi connectivity index (χ1) is 13.2. The number of fused-ring (bicyclic) bond motifs is 1. The fraction of sp³-hybridized carbons (Fsp3) is 0.286. The van der Waals surface area contributed by atoms with E-state index in [1.807, 2.05) is 36.4 Å². The van der Waals surface area contributed by atoms with Crippen LogP contribution in [0.3, 0.4) is 0 Å². The second-order valence-electron chi connectivity index (χ2n) is 6.78. The van der Waals surface area contributed by atoms with Gasteiger partial charge in [-0.3, -0.25) is 9.59 Å². The van der Waals surface area contributed by atoms with Crippen molar-refractivity contribution in [3.63, 3.8) is 0 Å². The lowest BCUT2D eigenvalue weighted by Crippen LogP contribution is -2.29. The van der Waals surface area contributed by atoms with Crippen LogP contribution in [0.1, 0.15) is 24.0 Å². The second-order valence-corrected chi connectivity index (χ2v) is 6.78. The molecule has 4 rings (SSSR count). The molecule has 1 saturated heterocycles. The molecule has 2 amide bonds. The molecule has 0 saturated carbocycles. The molecular formula is C21H21N3O3. The molecule has 138 valence electrons. The van der Waals surface area contributed by atoms with Crippen molar-refractivity contribution < 1.29 is 14.3 Å². The van der Waals surface area contributed by atoms with Crippen LogP contribution in [-0.2, 0) is 16.0 Å². The molecule has 2 aromatic rings. The molecule has 1 fully saturated rings. The standard InChI is InChI=1S/C21H21N3O3/c25-19-8-7-16-12-15(13-22-21(16)23-19)6-9-20(26)24-11-10-18(14-24)27-17-4-2-1-3-5-17/h1-6,9,12-13,18H,7-8,10-11,14H2,(H,22,23,25)/b9-6+. The summed E-state index contributed by atoms with van der Waals surface area (Å²) in [6.07, 6.45) is 7.02. The predicted molar refractivity (Wildman–Crippen MR) is 102 cm³/mol. The average Bonchev–Trinajstić information content (AvgIpc) is 3.15. The van der Waals surface area contributed by atoms with Gasteiger partial charge in [-0.2, -0.15) is 0 Å². The van der Waals surface area contributed by atoms with Crippen molar-refractivity contribution in [3.05, 3.63) is 59.8 Å². The molecule has 0 spiro atoms. The fourth-order valence-electron chi connectivity index (χ4n) is 3.35. The molecule has 0 aliphatic carbocycles. The van der Waals surface area contributed by atoms with E-state index in [-0.39, 0.29) is 17.9 Å². The number of para-hydroxylation sites is 1. The molecule has 6 nitrogen and oxygen atoms in total. The SMILES string of the molecule is O=C1CCc2cc(/C=C/C(=O)N3CCC(Oc4ccccc4)C3)cnc2N1. The Kier molecular flexibility index (Phi) is 4.87. The van der Waals surface area contributed by atoms with E-state index in [4.69, 9.17) is 4.74 Å². The number of rotatable bonds is 4. The molecule has 1 N–H and O–H groups in total. The van der Waals surface area contributed by atoms with E-state index in [9.17, 15) is 9.59 Å². The zero-order valence-corrected chi connectivity index (χ0v) is 14.9. The topological polar surface area (TPSA) is 71.5 Å². The number of hydrogen-bond acceptors (Lipinski definition) is 4. The zero-order chi connectivity index (χ0) is 18.6. The molecule has 27 heavy (non-hydrogen) atoms. The zero-order valence-electron chi connectivity index (χ0n) is 14.9. The number of anilines is 1. The molecule has 3 heterocycles. The number of carbonyl (C=O) groups excluding carboxylic acids is 2. The van der Waals surface area contributed by atoms with Gasteiger partial charge >= 0.3 is 0 Å². The number of benzene rings is 1. The Balaban J connectivity index is 1.35. The maximum absolute atomic E-state index is 12.5. The minimum Gasteiger partial charge on any atom is -0.489 e. The number of carbonyl (C=O) groups is 2. The van der Waals surface area contributed by atoms with Gasteiger partial charge in [0.15, 0.2) is 0 Å². The minimum absolute atomic E-state index is 0.00483. The maximum atomic E-state index is 12.5. The molecule has 2 aliphatic rings. The van der Waals surface area contributed by atoms with Gasteiger partial charge in [-0.15, -0.1) is 0 Å². The number of hydrogen-bond donors (Lipinski definition) is 1. The molecule has 1 aromatic heterocycles. The van der Waals surface area contributed by atoms with Crippen molar-refractivity contribution in [2.75, 3.05) is 18.4 Å².